The molecule has 14 heavy (non-hydrogen) atoms. The molecule has 0 atom stereocenters. The molecule has 0 saturated heterocycles. The summed E-state index contributed by atoms with van der Waals surface area (Å²) in [5.74, 6) is 0.889. The second-order valence-corrected chi connectivity index (χ2v) is 3.96. The number of hydrogen-bond donors (Lipinski definition) is 0. The Bertz CT molecular complexity index is 423. The molecule has 0 unspecified atom stereocenters. The number of hydrogen-bond acceptors (Lipinski definition) is 3. The summed E-state index contributed by atoms with van der Waals surface area (Å²) in [6, 6.07) is 6.03. The van der Waals surface area contributed by atoms with Gasteiger partial charge in [-0.2, -0.15) is 0 Å². The Morgan fingerprint density at radius 2 is 2.14 bits per heavy atom. The van der Waals surface area contributed by atoms with Gasteiger partial charge in [0.25, 0.3) is 5.19 Å². The molecule has 0 bridgehead atoms. The van der Waals surface area contributed by atoms with Crippen LogP contribution < -0.4 is 4.74 Å². The molecule has 1 heterocycles. The number of ether oxygens (including phenoxy) is 1. The van der Waals surface area contributed by atoms with Crippen molar-refractivity contribution >= 4 is 11.3 Å². The van der Waals surface area contributed by atoms with Gasteiger partial charge in [-0.1, -0.05) is 23.5 Å². The molecule has 0 saturated carbocycles. The summed E-state index contributed by atoms with van der Waals surface area (Å²) in [5.41, 5.74) is 2.40. The maximum absolute atomic E-state index is 5.64. The Balaban J connectivity index is 2.29. The van der Waals surface area contributed by atoms with E-state index in [0.29, 0.717) is 5.19 Å². The number of benzene rings is 1. The minimum absolute atomic E-state index is 0.693. The van der Waals surface area contributed by atoms with Crippen LogP contribution in [0.2, 0.25) is 0 Å². The van der Waals surface area contributed by atoms with Crippen LogP contribution in [0.1, 0.15) is 11.1 Å². The van der Waals surface area contributed by atoms with Gasteiger partial charge in [0.2, 0.25) is 0 Å². The maximum atomic E-state index is 5.64. The summed E-state index contributed by atoms with van der Waals surface area (Å²) in [6.07, 6.45) is 1.74. The van der Waals surface area contributed by atoms with Crippen LogP contribution in [-0.4, -0.2) is 4.98 Å². The smallest absolute Gasteiger partial charge is 0.278 e. The summed E-state index contributed by atoms with van der Waals surface area (Å²) in [6.45, 7) is 4.13. The lowest BCUT2D eigenvalue weighted by Gasteiger charge is -2.07. The predicted octanol–water partition coefficient (Wildman–Crippen LogP) is 3.55. The van der Waals surface area contributed by atoms with Gasteiger partial charge >= 0.3 is 0 Å². The van der Waals surface area contributed by atoms with Crippen molar-refractivity contribution in [1.29, 1.82) is 0 Å². The third-order valence-corrected chi connectivity index (χ3v) is 2.81. The number of nitrogens with zero attached hydrogens (tertiary/aromatic N) is 1. The molecule has 1 aromatic carbocycles. The van der Waals surface area contributed by atoms with Crippen molar-refractivity contribution < 1.29 is 4.74 Å². The first-order chi connectivity index (χ1) is 6.77. The van der Waals surface area contributed by atoms with E-state index in [1.165, 1.54) is 22.5 Å². The Hall–Kier alpha value is -1.35. The highest BCUT2D eigenvalue weighted by Crippen LogP contribution is 2.27. The van der Waals surface area contributed by atoms with Crippen molar-refractivity contribution in [1.82, 2.24) is 4.98 Å². The highest BCUT2D eigenvalue weighted by Gasteiger charge is 2.03. The van der Waals surface area contributed by atoms with E-state index >= 15 is 0 Å². The normalized spacial score (nSPS) is 10.1. The topological polar surface area (TPSA) is 22.1 Å². The van der Waals surface area contributed by atoms with Gasteiger partial charge in [-0.05, 0) is 31.0 Å². The summed E-state index contributed by atoms with van der Waals surface area (Å²) < 4.78 is 5.64. The molecule has 0 aliphatic heterocycles. The lowest BCUT2D eigenvalue weighted by atomic mass is 10.1. The van der Waals surface area contributed by atoms with E-state index in [-0.39, 0.29) is 0 Å². The monoisotopic (exact) mass is 205 g/mol. The average Bonchev–Trinajstić information content (AvgIpc) is 2.66. The Morgan fingerprint density at radius 3 is 2.86 bits per heavy atom. The molecule has 0 radical (unpaired) electrons. The highest BCUT2D eigenvalue weighted by molar-refractivity contribution is 7.11. The molecule has 1 aromatic heterocycles. The Labute approximate surface area is 87.2 Å². The van der Waals surface area contributed by atoms with E-state index in [1.54, 1.807) is 6.20 Å². The molecule has 3 heteroatoms. The van der Waals surface area contributed by atoms with E-state index in [0.717, 1.165) is 5.75 Å². The zero-order valence-corrected chi connectivity index (χ0v) is 8.97. The molecule has 2 rings (SSSR count). The fourth-order valence-electron chi connectivity index (χ4n) is 1.19. The van der Waals surface area contributed by atoms with Crippen LogP contribution in [0.4, 0.5) is 0 Å². The SMILES string of the molecule is Cc1cccc(Oc2nccs2)c1C. The maximum Gasteiger partial charge on any atom is 0.278 e. The van der Waals surface area contributed by atoms with E-state index in [2.05, 4.69) is 24.9 Å². The molecular formula is C11H11NOS. The van der Waals surface area contributed by atoms with Gasteiger partial charge in [0, 0.05) is 11.6 Å². The van der Waals surface area contributed by atoms with Crippen molar-refractivity contribution in [3.63, 3.8) is 0 Å². The first-order valence-corrected chi connectivity index (χ1v) is 5.29. The zero-order valence-electron chi connectivity index (χ0n) is 8.15. The molecule has 0 aliphatic carbocycles. The number of rotatable bonds is 2. The van der Waals surface area contributed by atoms with Crippen LogP contribution >= 0.6 is 11.3 Å². The van der Waals surface area contributed by atoms with E-state index in [9.17, 15) is 0 Å². The predicted molar refractivity (Wildman–Crippen MR) is 58.1 cm³/mol. The zero-order chi connectivity index (χ0) is 9.97. The minimum Gasteiger partial charge on any atom is -0.431 e. The second-order valence-electron chi connectivity index (χ2n) is 3.10. The quantitative estimate of drug-likeness (QED) is 0.748. The first-order valence-electron chi connectivity index (χ1n) is 4.41. The first kappa shape index (κ1) is 9.21. The fourth-order valence-corrected chi connectivity index (χ4v) is 1.69. The number of aromatic nitrogens is 1. The summed E-state index contributed by atoms with van der Waals surface area (Å²) >= 11 is 1.50. The van der Waals surface area contributed by atoms with E-state index < -0.39 is 0 Å². The third kappa shape index (κ3) is 1.77. The van der Waals surface area contributed by atoms with Crippen LogP contribution in [0.3, 0.4) is 0 Å². The van der Waals surface area contributed by atoms with Crippen molar-refractivity contribution in [3.8, 4) is 10.9 Å². The molecule has 0 aliphatic rings. The van der Waals surface area contributed by atoms with Gasteiger partial charge < -0.3 is 4.74 Å². The molecule has 0 fully saturated rings. The minimum atomic E-state index is 0.693. The Kier molecular flexibility index (Phi) is 2.50. The third-order valence-electron chi connectivity index (χ3n) is 2.16. The molecule has 2 aromatic rings. The largest absolute Gasteiger partial charge is 0.431 e. The number of thiazole rings is 1. The van der Waals surface area contributed by atoms with Crippen molar-refractivity contribution in [3.05, 3.63) is 40.9 Å². The van der Waals surface area contributed by atoms with Gasteiger partial charge in [-0.15, -0.1) is 0 Å². The van der Waals surface area contributed by atoms with Gasteiger partial charge in [-0.3, -0.25) is 0 Å². The second kappa shape index (κ2) is 3.80. The van der Waals surface area contributed by atoms with Crippen molar-refractivity contribution in [2.45, 2.75) is 13.8 Å². The molecule has 0 amide bonds. The van der Waals surface area contributed by atoms with Crippen LogP contribution in [0.15, 0.2) is 29.8 Å². The van der Waals surface area contributed by atoms with Crippen molar-refractivity contribution in [2.24, 2.45) is 0 Å². The summed E-state index contributed by atoms with van der Waals surface area (Å²) in [5, 5.41) is 2.60. The molecule has 2 nitrogen and oxygen atoms in total. The van der Waals surface area contributed by atoms with Gasteiger partial charge in [0.05, 0.1) is 0 Å². The number of aryl methyl sites for hydroxylation is 1. The average molecular weight is 205 g/mol. The lowest BCUT2D eigenvalue weighted by molar-refractivity contribution is 0.474. The van der Waals surface area contributed by atoms with Crippen LogP contribution in [0, 0.1) is 13.8 Å². The van der Waals surface area contributed by atoms with Crippen molar-refractivity contribution in [2.75, 3.05) is 0 Å². The molecule has 0 spiro atoms. The van der Waals surface area contributed by atoms with Gasteiger partial charge in [0.1, 0.15) is 5.75 Å². The van der Waals surface area contributed by atoms with E-state index in [1.807, 2.05) is 17.5 Å². The van der Waals surface area contributed by atoms with E-state index in [4.69, 9.17) is 4.74 Å². The van der Waals surface area contributed by atoms with Crippen LogP contribution in [-0.2, 0) is 0 Å². The fraction of sp³-hybridized carbons (Fsp3) is 0.182. The van der Waals surface area contributed by atoms with Crippen LogP contribution in [0.25, 0.3) is 0 Å². The van der Waals surface area contributed by atoms with Gasteiger partial charge in [-0.25, -0.2) is 4.98 Å². The lowest BCUT2D eigenvalue weighted by Crippen LogP contribution is -1.88. The molecule has 0 N–H and O–H groups in total. The summed E-state index contributed by atoms with van der Waals surface area (Å²) in [7, 11) is 0. The molecular weight excluding hydrogens is 194 g/mol. The van der Waals surface area contributed by atoms with Gasteiger partial charge in [0.15, 0.2) is 0 Å². The molecule has 72 valence electrons. The van der Waals surface area contributed by atoms with Crippen LogP contribution in [0.5, 0.6) is 10.9 Å². The standard InChI is InChI=1S/C11H11NOS/c1-8-4-3-5-10(9(8)2)13-11-12-6-7-14-11/h3-7H,1-2H3. The summed E-state index contributed by atoms with van der Waals surface area (Å²) in [4.78, 5) is 4.08. The highest BCUT2D eigenvalue weighted by atomic mass is 32.1. The Morgan fingerprint density at radius 1 is 1.29 bits per heavy atom.